The highest BCUT2D eigenvalue weighted by Crippen LogP contribution is 2.09. The lowest BCUT2D eigenvalue weighted by atomic mass is 10.2. The molecule has 1 rings (SSSR count). The van der Waals surface area contributed by atoms with Gasteiger partial charge in [-0.2, -0.15) is 0 Å². The Kier molecular flexibility index (Phi) is 5.70. The van der Waals surface area contributed by atoms with Crippen LogP contribution in [-0.4, -0.2) is 34.7 Å². The van der Waals surface area contributed by atoms with Crippen molar-refractivity contribution in [2.75, 3.05) is 13.2 Å². The Morgan fingerprint density at radius 1 is 1.25 bits per heavy atom. The third-order valence-electron chi connectivity index (χ3n) is 2.48. The summed E-state index contributed by atoms with van der Waals surface area (Å²) in [5.74, 6) is -0.926. The first-order valence-corrected chi connectivity index (χ1v) is 5.98. The molecule has 8 nitrogen and oxygen atoms in total. The van der Waals surface area contributed by atoms with Crippen LogP contribution < -0.4 is 11.2 Å². The van der Waals surface area contributed by atoms with E-state index in [4.69, 9.17) is 9.47 Å². The maximum Gasteiger partial charge on any atom is 0.328 e. The molecule has 1 heterocycles. The maximum atomic E-state index is 11.7. The number of H-pyrrole nitrogens is 1. The Morgan fingerprint density at radius 2 is 1.90 bits per heavy atom. The van der Waals surface area contributed by atoms with Crippen LogP contribution >= 0.6 is 0 Å². The molecule has 0 amide bonds. The first kappa shape index (κ1) is 15.7. The number of ether oxygens (including phenoxy) is 2. The largest absolute Gasteiger partial charge is 0.466 e. The molecule has 0 radical (unpaired) electrons. The summed E-state index contributed by atoms with van der Waals surface area (Å²) >= 11 is 0. The summed E-state index contributed by atoms with van der Waals surface area (Å²) in [7, 11) is 0. The molecule has 1 unspecified atom stereocenters. The first-order chi connectivity index (χ1) is 9.40. The second kappa shape index (κ2) is 7.27. The van der Waals surface area contributed by atoms with E-state index in [1.807, 2.05) is 0 Å². The fourth-order valence-electron chi connectivity index (χ4n) is 1.57. The number of nitrogens with zero attached hydrogens (tertiary/aromatic N) is 1. The van der Waals surface area contributed by atoms with Gasteiger partial charge >= 0.3 is 17.6 Å². The summed E-state index contributed by atoms with van der Waals surface area (Å²) in [4.78, 5) is 46.4. The van der Waals surface area contributed by atoms with Crippen molar-refractivity contribution in [3.63, 3.8) is 0 Å². The number of esters is 2. The van der Waals surface area contributed by atoms with E-state index in [1.54, 1.807) is 0 Å². The van der Waals surface area contributed by atoms with Crippen molar-refractivity contribution in [3.8, 4) is 0 Å². The summed E-state index contributed by atoms with van der Waals surface area (Å²) in [6.45, 7) is 2.54. The van der Waals surface area contributed by atoms with Gasteiger partial charge in [0.05, 0.1) is 12.6 Å². The van der Waals surface area contributed by atoms with Gasteiger partial charge in [0.25, 0.3) is 5.56 Å². The van der Waals surface area contributed by atoms with Gasteiger partial charge in [-0.3, -0.25) is 23.9 Å². The fourth-order valence-corrected chi connectivity index (χ4v) is 1.57. The number of carbonyl (C=O) groups is 2. The Morgan fingerprint density at radius 3 is 2.45 bits per heavy atom. The average molecular weight is 284 g/mol. The van der Waals surface area contributed by atoms with Gasteiger partial charge in [-0.15, -0.1) is 0 Å². The molecule has 20 heavy (non-hydrogen) atoms. The molecular weight excluding hydrogens is 268 g/mol. The molecular formula is C12H16N2O6. The van der Waals surface area contributed by atoms with E-state index < -0.39 is 29.2 Å². The molecule has 8 heteroatoms. The maximum absolute atomic E-state index is 11.7. The molecule has 1 aromatic heterocycles. The summed E-state index contributed by atoms with van der Waals surface area (Å²) in [6.07, 6.45) is 1.59. The molecule has 0 aliphatic rings. The van der Waals surface area contributed by atoms with Gasteiger partial charge in [0.15, 0.2) is 0 Å². The van der Waals surface area contributed by atoms with Gasteiger partial charge in [-0.05, 0) is 0 Å². The van der Waals surface area contributed by atoms with Crippen molar-refractivity contribution in [1.29, 1.82) is 0 Å². The van der Waals surface area contributed by atoms with Gasteiger partial charge in [-0.25, -0.2) is 4.79 Å². The second-order valence-electron chi connectivity index (χ2n) is 4.10. The van der Waals surface area contributed by atoms with Crippen molar-refractivity contribution < 1.29 is 19.1 Å². The van der Waals surface area contributed by atoms with E-state index in [9.17, 15) is 19.2 Å². The van der Waals surface area contributed by atoms with Gasteiger partial charge in [0.1, 0.15) is 6.61 Å². The van der Waals surface area contributed by atoms with E-state index in [2.05, 4.69) is 4.98 Å². The number of hydrogen-bond acceptors (Lipinski definition) is 6. The first-order valence-electron chi connectivity index (χ1n) is 5.98. The summed E-state index contributed by atoms with van der Waals surface area (Å²) in [5, 5.41) is 0. The summed E-state index contributed by atoms with van der Waals surface area (Å²) in [5.41, 5.74) is -1.13. The molecule has 0 spiro atoms. The summed E-state index contributed by atoms with van der Waals surface area (Å²) < 4.78 is 10.9. The van der Waals surface area contributed by atoms with Crippen molar-refractivity contribution >= 4 is 11.9 Å². The minimum absolute atomic E-state index is 0.0530. The lowest BCUT2D eigenvalue weighted by Crippen LogP contribution is -2.34. The standard InChI is InChI=1S/C12H16N2O6/c1-8(15)19-6-4-10(7-20-9(2)16)14-5-3-11(17)13-12(14)18/h3,5,10H,4,6-7H2,1-2H3,(H,13,17,18). The zero-order valence-electron chi connectivity index (χ0n) is 11.3. The monoisotopic (exact) mass is 284 g/mol. The van der Waals surface area contributed by atoms with Crippen molar-refractivity contribution in [1.82, 2.24) is 9.55 Å². The van der Waals surface area contributed by atoms with Crippen LogP contribution in [0.4, 0.5) is 0 Å². The van der Waals surface area contributed by atoms with Crippen LogP contribution in [0.25, 0.3) is 0 Å². The zero-order chi connectivity index (χ0) is 15.1. The van der Waals surface area contributed by atoms with E-state index in [-0.39, 0.29) is 19.6 Å². The predicted octanol–water partition coefficient (Wildman–Crippen LogP) is -0.406. The molecule has 1 N–H and O–H groups in total. The third-order valence-corrected chi connectivity index (χ3v) is 2.48. The second-order valence-corrected chi connectivity index (χ2v) is 4.10. The Labute approximate surface area is 114 Å². The highest BCUT2D eigenvalue weighted by atomic mass is 16.5. The molecule has 1 atom stereocenters. The third kappa shape index (κ3) is 5.09. The van der Waals surface area contributed by atoms with Crippen LogP contribution in [0.3, 0.4) is 0 Å². The van der Waals surface area contributed by atoms with E-state index in [0.717, 1.165) is 0 Å². The van der Waals surface area contributed by atoms with E-state index in [0.29, 0.717) is 0 Å². The lowest BCUT2D eigenvalue weighted by molar-refractivity contribution is -0.144. The number of rotatable bonds is 6. The molecule has 0 saturated carbocycles. The minimum atomic E-state index is -0.613. The molecule has 1 aromatic rings. The predicted molar refractivity (Wildman–Crippen MR) is 68.2 cm³/mol. The number of hydrogen-bond donors (Lipinski definition) is 1. The quantitative estimate of drug-likeness (QED) is 0.712. The Balaban J connectivity index is 2.84. The Bertz CT molecular complexity index is 588. The topological polar surface area (TPSA) is 107 Å². The normalized spacial score (nSPS) is 11.7. The van der Waals surface area contributed by atoms with Crippen LogP contribution in [-0.2, 0) is 19.1 Å². The molecule has 0 fully saturated rings. The molecule has 0 aliphatic carbocycles. The Hall–Kier alpha value is -2.38. The minimum Gasteiger partial charge on any atom is -0.466 e. The van der Waals surface area contributed by atoms with Crippen LogP contribution in [0.15, 0.2) is 21.9 Å². The molecule has 0 saturated heterocycles. The molecule has 0 aliphatic heterocycles. The van der Waals surface area contributed by atoms with Crippen LogP contribution in [0.2, 0.25) is 0 Å². The molecule has 0 aromatic carbocycles. The highest BCUT2D eigenvalue weighted by molar-refractivity contribution is 5.66. The van der Waals surface area contributed by atoms with E-state index >= 15 is 0 Å². The van der Waals surface area contributed by atoms with Gasteiger partial charge in [-0.1, -0.05) is 0 Å². The van der Waals surface area contributed by atoms with Crippen LogP contribution in [0.5, 0.6) is 0 Å². The van der Waals surface area contributed by atoms with Crippen LogP contribution in [0, 0.1) is 0 Å². The molecule has 110 valence electrons. The van der Waals surface area contributed by atoms with Crippen molar-refractivity contribution in [2.24, 2.45) is 0 Å². The van der Waals surface area contributed by atoms with Crippen molar-refractivity contribution in [3.05, 3.63) is 33.1 Å². The zero-order valence-corrected chi connectivity index (χ0v) is 11.3. The smallest absolute Gasteiger partial charge is 0.328 e. The summed E-state index contributed by atoms with van der Waals surface area (Å²) in [6, 6.07) is 0.663. The van der Waals surface area contributed by atoms with Gasteiger partial charge in [0.2, 0.25) is 0 Å². The van der Waals surface area contributed by atoms with Crippen molar-refractivity contribution in [2.45, 2.75) is 26.3 Å². The SMILES string of the molecule is CC(=O)OCCC(COC(C)=O)n1ccc(=O)[nH]c1=O. The number of carbonyl (C=O) groups excluding carboxylic acids is 2. The molecule has 0 bridgehead atoms. The highest BCUT2D eigenvalue weighted by Gasteiger charge is 2.15. The lowest BCUT2D eigenvalue weighted by Gasteiger charge is -2.18. The van der Waals surface area contributed by atoms with Gasteiger partial charge in [0, 0.05) is 32.5 Å². The average Bonchev–Trinajstić information content (AvgIpc) is 2.33. The number of nitrogens with one attached hydrogen (secondary N) is 1. The number of aromatic nitrogens is 2. The fraction of sp³-hybridized carbons (Fsp3) is 0.500. The van der Waals surface area contributed by atoms with E-state index in [1.165, 1.54) is 30.7 Å². The number of aromatic amines is 1. The van der Waals surface area contributed by atoms with Gasteiger partial charge < -0.3 is 9.47 Å². The van der Waals surface area contributed by atoms with Crippen LogP contribution in [0.1, 0.15) is 26.3 Å².